The maximum Gasteiger partial charge on any atom is 0.134 e. The normalized spacial score (nSPS) is 10.4. The van der Waals surface area contributed by atoms with E-state index in [4.69, 9.17) is 16.0 Å². The highest BCUT2D eigenvalue weighted by Crippen LogP contribution is 2.26. The topological polar surface area (TPSA) is 25.2 Å². The van der Waals surface area contributed by atoms with Gasteiger partial charge in [0.05, 0.1) is 6.54 Å². The Morgan fingerprint density at radius 3 is 2.54 bits per heavy atom. The van der Waals surface area contributed by atoms with Crippen LogP contribution in [-0.4, -0.2) is 6.54 Å². The van der Waals surface area contributed by atoms with Gasteiger partial charge in [-0.15, -0.1) is 12.4 Å². The molecule has 4 heteroatoms. The van der Waals surface area contributed by atoms with Gasteiger partial charge in [-0.05, 0) is 49.2 Å². The number of aryl methyl sites for hydroxylation is 1. The third-order valence-electron chi connectivity index (χ3n) is 3.85. The number of furan rings is 1. The van der Waals surface area contributed by atoms with Crippen molar-refractivity contribution in [3.8, 4) is 11.3 Å². The Morgan fingerprint density at radius 2 is 1.79 bits per heavy atom. The van der Waals surface area contributed by atoms with Gasteiger partial charge in [-0.25, -0.2) is 0 Å². The maximum atomic E-state index is 6.18. The molecule has 126 valence electrons. The van der Waals surface area contributed by atoms with Crippen LogP contribution in [0.3, 0.4) is 0 Å². The Bertz CT molecular complexity index is 768. The van der Waals surface area contributed by atoms with Crippen molar-refractivity contribution in [2.75, 3.05) is 6.54 Å². The van der Waals surface area contributed by atoms with Gasteiger partial charge in [-0.3, -0.25) is 0 Å². The third kappa shape index (κ3) is 4.88. The number of hydrogen-bond acceptors (Lipinski definition) is 2. The van der Waals surface area contributed by atoms with Crippen LogP contribution in [0, 0.1) is 6.92 Å². The number of nitrogens with one attached hydrogen (secondary N) is 1. The van der Waals surface area contributed by atoms with E-state index in [0.717, 1.165) is 47.2 Å². The Morgan fingerprint density at radius 1 is 1.00 bits per heavy atom. The zero-order valence-electron chi connectivity index (χ0n) is 13.6. The summed E-state index contributed by atoms with van der Waals surface area (Å²) in [7, 11) is 0. The predicted molar refractivity (Wildman–Crippen MR) is 103 cm³/mol. The van der Waals surface area contributed by atoms with Gasteiger partial charge >= 0.3 is 0 Å². The van der Waals surface area contributed by atoms with Crippen LogP contribution in [0.25, 0.3) is 11.3 Å². The van der Waals surface area contributed by atoms with Crippen LogP contribution in [-0.2, 0) is 13.0 Å². The van der Waals surface area contributed by atoms with Gasteiger partial charge in [-0.2, -0.15) is 0 Å². The molecule has 0 bridgehead atoms. The molecule has 0 radical (unpaired) electrons. The standard InChI is InChI=1S/C20H20ClNO.ClH/c1-15-7-8-17(13-19(15)21)20-10-9-18(23-20)14-22-12-11-16-5-3-2-4-6-16;/h2-10,13,22H,11-12,14H2,1H3;1H. The first-order chi connectivity index (χ1) is 11.2. The van der Waals surface area contributed by atoms with E-state index in [0.29, 0.717) is 0 Å². The quantitative estimate of drug-likeness (QED) is 0.572. The third-order valence-corrected chi connectivity index (χ3v) is 4.26. The molecule has 0 fully saturated rings. The number of halogens is 2. The lowest BCUT2D eigenvalue weighted by Crippen LogP contribution is -2.16. The largest absolute Gasteiger partial charge is 0.460 e. The van der Waals surface area contributed by atoms with E-state index in [1.807, 2.05) is 43.3 Å². The molecule has 1 aromatic heterocycles. The summed E-state index contributed by atoms with van der Waals surface area (Å²) in [6.07, 6.45) is 1.02. The summed E-state index contributed by atoms with van der Waals surface area (Å²) in [5.74, 6) is 1.79. The summed E-state index contributed by atoms with van der Waals surface area (Å²) in [6, 6.07) is 20.5. The van der Waals surface area contributed by atoms with Crippen molar-refractivity contribution in [3.63, 3.8) is 0 Å². The molecule has 0 spiro atoms. The van der Waals surface area contributed by atoms with E-state index in [9.17, 15) is 0 Å². The molecule has 2 aromatic carbocycles. The summed E-state index contributed by atoms with van der Waals surface area (Å²) in [4.78, 5) is 0. The lowest BCUT2D eigenvalue weighted by Gasteiger charge is -2.04. The highest BCUT2D eigenvalue weighted by molar-refractivity contribution is 6.31. The Kier molecular flexibility index (Phi) is 6.92. The van der Waals surface area contributed by atoms with Gasteiger partial charge in [-0.1, -0.05) is 54.1 Å². The molecule has 0 saturated heterocycles. The van der Waals surface area contributed by atoms with E-state index in [2.05, 4.69) is 29.6 Å². The van der Waals surface area contributed by atoms with Gasteiger partial charge in [0.25, 0.3) is 0 Å². The van der Waals surface area contributed by atoms with Crippen molar-refractivity contribution in [1.29, 1.82) is 0 Å². The smallest absolute Gasteiger partial charge is 0.134 e. The van der Waals surface area contributed by atoms with Crippen molar-refractivity contribution < 1.29 is 4.42 Å². The summed E-state index contributed by atoms with van der Waals surface area (Å²) in [5, 5.41) is 4.18. The molecule has 0 aliphatic rings. The van der Waals surface area contributed by atoms with Crippen molar-refractivity contribution in [1.82, 2.24) is 5.32 Å². The maximum absolute atomic E-state index is 6.18. The first kappa shape index (κ1) is 18.6. The van der Waals surface area contributed by atoms with Gasteiger partial charge in [0.15, 0.2) is 0 Å². The Hall–Kier alpha value is -1.74. The molecule has 1 N–H and O–H groups in total. The Balaban J connectivity index is 0.00000208. The van der Waals surface area contributed by atoms with Gasteiger partial charge < -0.3 is 9.73 Å². The minimum absolute atomic E-state index is 0. The van der Waals surface area contributed by atoms with Crippen molar-refractivity contribution in [3.05, 3.63) is 82.6 Å². The monoisotopic (exact) mass is 361 g/mol. The highest BCUT2D eigenvalue weighted by Gasteiger charge is 2.06. The van der Waals surface area contributed by atoms with Gasteiger partial charge in [0, 0.05) is 10.6 Å². The van der Waals surface area contributed by atoms with Crippen molar-refractivity contribution >= 4 is 24.0 Å². The van der Waals surface area contributed by atoms with E-state index < -0.39 is 0 Å². The second-order valence-corrected chi connectivity index (χ2v) is 6.05. The molecule has 3 aromatic rings. The van der Waals surface area contributed by atoms with Crippen LogP contribution < -0.4 is 5.32 Å². The average Bonchev–Trinajstić information content (AvgIpc) is 3.04. The second kappa shape index (κ2) is 8.93. The molecule has 1 heterocycles. The van der Waals surface area contributed by atoms with E-state index >= 15 is 0 Å². The fourth-order valence-electron chi connectivity index (χ4n) is 2.46. The van der Waals surface area contributed by atoms with E-state index in [1.54, 1.807) is 0 Å². The molecular formula is C20H21Cl2NO. The fourth-order valence-corrected chi connectivity index (χ4v) is 2.64. The molecular weight excluding hydrogens is 341 g/mol. The minimum atomic E-state index is 0. The number of benzene rings is 2. The summed E-state index contributed by atoms with van der Waals surface area (Å²) < 4.78 is 5.90. The van der Waals surface area contributed by atoms with Crippen molar-refractivity contribution in [2.45, 2.75) is 19.9 Å². The minimum Gasteiger partial charge on any atom is -0.460 e. The molecule has 0 unspecified atom stereocenters. The number of hydrogen-bond donors (Lipinski definition) is 1. The van der Waals surface area contributed by atoms with E-state index in [1.165, 1.54) is 5.56 Å². The molecule has 0 amide bonds. The van der Waals surface area contributed by atoms with Crippen molar-refractivity contribution in [2.24, 2.45) is 0 Å². The van der Waals surface area contributed by atoms with Gasteiger partial charge in [0.2, 0.25) is 0 Å². The van der Waals surface area contributed by atoms with E-state index in [-0.39, 0.29) is 12.4 Å². The molecule has 0 aliphatic heterocycles. The first-order valence-electron chi connectivity index (χ1n) is 7.82. The summed E-state index contributed by atoms with van der Waals surface area (Å²) in [5.41, 5.74) is 3.43. The summed E-state index contributed by atoms with van der Waals surface area (Å²) in [6.45, 7) is 3.65. The lowest BCUT2D eigenvalue weighted by atomic mass is 10.1. The Labute approximate surface area is 154 Å². The zero-order valence-corrected chi connectivity index (χ0v) is 15.2. The molecule has 0 aliphatic carbocycles. The molecule has 2 nitrogen and oxygen atoms in total. The predicted octanol–water partition coefficient (Wildman–Crippen LogP) is 5.66. The van der Waals surface area contributed by atoms with Crippen LogP contribution in [0.4, 0.5) is 0 Å². The van der Waals surface area contributed by atoms with Crippen LogP contribution >= 0.6 is 24.0 Å². The first-order valence-corrected chi connectivity index (χ1v) is 8.20. The van der Waals surface area contributed by atoms with Gasteiger partial charge in [0.1, 0.15) is 11.5 Å². The zero-order chi connectivity index (χ0) is 16.1. The number of rotatable bonds is 6. The molecule has 0 saturated carbocycles. The molecule has 3 rings (SSSR count). The molecule has 24 heavy (non-hydrogen) atoms. The average molecular weight is 362 g/mol. The van der Waals surface area contributed by atoms with Crippen LogP contribution in [0.1, 0.15) is 16.9 Å². The van der Waals surface area contributed by atoms with Crippen LogP contribution in [0.2, 0.25) is 5.02 Å². The SMILES string of the molecule is Cc1ccc(-c2ccc(CNCCc3ccccc3)o2)cc1Cl.Cl. The fraction of sp³-hybridized carbons (Fsp3) is 0.200. The van der Waals surface area contributed by atoms with Crippen LogP contribution in [0.5, 0.6) is 0 Å². The molecule has 0 atom stereocenters. The highest BCUT2D eigenvalue weighted by atomic mass is 35.5. The second-order valence-electron chi connectivity index (χ2n) is 5.64. The summed E-state index contributed by atoms with van der Waals surface area (Å²) >= 11 is 6.18. The van der Waals surface area contributed by atoms with Crippen LogP contribution in [0.15, 0.2) is 65.1 Å². The lowest BCUT2D eigenvalue weighted by molar-refractivity contribution is 0.495.